The van der Waals surface area contributed by atoms with Crippen LogP contribution in [-0.2, 0) is 6.42 Å². The molecular weight excluding hydrogens is 288 g/mol. The summed E-state index contributed by atoms with van der Waals surface area (Å²) in [5, 5.41) is 10.9. The number of hydrogen-bond acceptors (Lipinski definition) is 2. The Morgan fingerprint density at radius 3 is 2.40 bits per heavy atom. The number of aryl methyl sites for hydroxylation is 2. The Morgan fingerprint density at radius 1 is 1.05 bits per heavy atom. The first-order valence-electron chi connectivity index (χ1n) is 6.67. The second-order valence-corrected chi connectivity index (χ2v) is 6.57. The summed E-state index contributed by atoms with van der Waals surface area (Å²) in [4.78, 5) is 1.13. The van der Waals surface area contributed by atoms with Crippen molar-refractivity contribution in [1.29, 1.82) is 0 Å². The average Bonchev–Trinajstić information content (AvgIpc) is 2.42. The van der Waals surface area contributed by atoms with Crippen molar-refractivity contribution in [3.8, 4) is 0 Å². The molecule has 3 heteroatoms. The first-order valence-corrected chi connectivity index (χ1v) is 8.03. The molecule has 1 unspecified atom stereocenters. The van der Waals surface area contributed by atoms with Gasteiger partial charge in [-0.05, 0) is 61.2 Å². The third-order valence-corrected chi connectivity index (χ3v) is 4.71. The van der Waals surface area contributed by atoms with Gasteiger partial charge in [-0.3, -0.25) is 0 Å². The van der Waals surface area contributed by atoms with Crippen molar-refractivity contribution >= 4 is 23.4 Å². The van der Waals surface area contributed by atoms with E-state index in [4.69, 9.17) is 11.6 Å². The van der Waals surface area contributed by atoms with Gasteiger partial charge >= 0.3 is 0 Å². The molecule has 0 spiro atoms. The van der Waals surface area contributed by atoms with E-state index in [2.05, 4.69) is 32.0 Å². The van der Waals surface area contributed by atoms with Gasteiger partial charge in [0.15, 0.2) is 0 Å². The van der Waals surface area contributed by atoms with Gasteiger partial charge in [-0.15, -0.1) is 11.8 Å². The minimum absolute atomic E-state index is 0.335. The third-order valence-electron chi connectivity index (χ3n) is 3.30. The molecule has 0 aliphatic heterocycles. The number of thioether (sulfide) groups is 1. The van der Waals surface area contributed by atoms with Crippen LogP contribution < -0.4 is 0 Å². The molecule has 106 valence electrons. The molecule has 0 saturated heterocycles. The maximum Gasteiger partial charge on any atom is 0.0674 e. The van der Waals surface area contributed by atoms with Gasteiger partial charge < -0.3 is 5.11 Å². The fraction of sp³-hybridized carbons (Fsp3) is 0.294. The van der Waals surface area contributed by atoms with Crippen molar-refractivity contribution in [3.05, 3.63) is 64.2 Å². The number of aliphatic hydroxyl groups is 1. The maximum absolute atomic E-state index is 10.1. The van der Waals surface area contributed by atoms with Crippen LogP contribution in [0.4, 0.5) is 0 Å². The van der Waals surface area contributed by atoms with Crippen molar-refractivity contribution in [2.45, 2.75) is 31.3 Å². The number of rotatable bonds is 5. The summed E-state index contributed by atoms with van der Waals surface area (Å²) in [7, 11) is 0. The molecule has 0 heterocycles. The van der Waals surface area contributed by atoms with Gasteiger partial charge in [0.1, 0.15) is 0 Å². The number of halogens is 1. The summed E-state index contributed by atoms with van der Waals surface area (Å²) in [5.74, 6) is 0.689. The SMILES string of the molecule is Cc1ccc(CC(O)CSc2ccc(Cl)cc2)cc1C. The zero-order valence-electron chi connectivity index (χ0n) is 11.8. The van der Waals surface area contributed by atoms with Gasteiger partial charge in [0.2, 0.25) is 0 Å². The lowest BCUT2D eigenvalue weighted by molar-refractivity contribution is 0.200. The largest absolute Gasteiger partial charge is 0.392 e. The Hall–Kier alpha value is -0.960. The van der Waals surface area contributed by atoms with Crippen molar-refractivity contribution in [2.75, 3.05) is 5.75 Å². The zero-order chi connectivity index (χ0) is 14.5. The topological polar surface area (TPSA) is 20.2 Å². The molecule has 1 nitrogen and oxygen atoms in total. The fourth-order valence-corrected chi connectivity index (χ4v) is 2.94. The fourth-order valence-electron chi connectivity index (χ4n) is 1.98. The quantitative estimate of drug-likeness (QED) is 0.811. The lowest BCUT2D eigenvalue weighted by Gasteiger charge is -2.11. The number of aliphatic hydroxyl groups excluding tert-OH is 1. The van der Waals surface area contributed by atoms with E-state index < -0.39 is 0 Å². The minimum Gasteiger partial charge on any atom is -0.392 e. The van der Waals surface area contributed by atoms with E-state index in [0.717, 1.165) is 9.92 Å². The van der Waals surface area contributed by atoms with Crippen LogP contribution in [0.5, 0.6) is 0 Å². The van der Waals surface area contributed by atoms with Crippen LogP contribution in [0.2, 0.25) is 5.02 Å². The Labute approximate surface area is 130 Å². The molecular formula is C17H19ClOS. The van der Waals surface area contributed by atoms with E-state index in [-0.39, 0.29) is 6.10 Å². The Balaban J connectivity index is 1.87. The lowest BCUT2D eigenvalue weighted by atomic mass is 10.0. The van der Waals surface area contributed by atoms with E-state index in [1.165, 1.54) is 16.7 Å². The normalized spacial score (nSPS) is 12.4. The monoisotopic (exact) mass is 306 g/mol. The molecule has 0 aliphatic rings. The summed E-state index contributed by atoms with van der Waals surface area (Å²) in [6, 6.07) is 14.1. The van der Waals surface area contributed by atoms with Gasteiger partial charge in [-0.2, -0.15) is 0 Å². The first-order chi connectivity index (χ1) is 9.54. The highest BCUT2D eigenvalue weighted by Crippen LogP contribution is 2.22. The summed E-state index contributed by atoms with van der Waals surface area (Å²) < 4.78 is 0. The summed E-state index contributed by atoms with van der Waals surface area (Å²) in [5.41, 5.74) is 3.76. The van der Waals surface area contributed by atoms with Gasteiger partial charge in [0.05, 0.1) is 6.10 Å². The third kappa shape index (κ3) is 4.55. The summed E-state index contributed by atoms with van der Waals surface area (Å²) >= 11 is 7.51. The summed E-state index contributed by atoms with van der Waals surface area (Å²) in [6.07, 6.45) is 0.361. The van der Waals surface area contributed by atoms with Crippen LogP contribution in [-0.4, -0.2) is 17.0 Å². The standard InChI is InChI=1S/C17H19ClOS/c1-12-3-4-14(9-13(12)2)10-16(19)11-20-17-7-5-15(18)6-8-17/h3-9,16,19H,10-11H2,1-2H3. The first kappa shape index (κ1) is 15.4. The highest BCUT2D eigenvalue weighted by Gasteiger charge is 2.07. The molecule has 2 aromatic rings. The van der Waals surface area contributed by atoms with Crippen LogP contribution in [0.25, 0.3) is 0 Å². The van der Waals surface area contributed by atoms with Crippen molar-refractivity contribution in [1.82, 2.24) is 0 Å². The Kier molecular flexibility index (Phi) is 5.53. The van der Waals surface area contributed by atoms with E-state index in [1.54, 1.807) is 11.8 Å². The molecule has 1 atom stereocenters. The van der Waals surface area contributed by atoms with Gasteiger partial charge in [0, 0.05) is 15.7 Å². The molecule has 2 aromatic carbocycles. The zero-order valence-corrected chi connectivity index (χ0v) is 13.3. The smallest absolute Gasteiger partial charge is 0.0674 e. The van der Waals surface area contributed by atoms with E-state index in [9.17, 15) is 5.11 Å². The Morgan fingerprint density at radius 2 is 1.75 bits per heavy atom. The van der Waals surface area contributed by atoms with Crippen molar-refractivity contribution in [3.63, 3.8) is 0 Å². The number of benzene rings is 2. The highest BCUT2D eigenvalue weighted by atomic mass is 35.5. The molecule has 1 N–H and O–H groups in total. The molecule has 0 aromatic heterocycles. The minimum atomic E-state index is -0.335. The van der Waals surface area contributed by atoms with Crippen LogP contribution in [0.1, 0.15) is 16.7 Å². The average molecular weight is 307 g/mol. The maximum atomic E-state index is 10.1. The van der Waals surface area contributed by atoms with Gasteiger partial charge in [0.25, 0.3) is 0 Å². The Bertz CT molecular complexity index is 566. The number of hydrogen-bond donors (Lipinski definition) is 1. The summed E-state index contributed by atoms with van der Waals surface area (Å²) in [6.45, 7) is 4.21. The second-order valence-electron chi connectivity index (χ2n) is 5.04. The van der Waals surface area contributed by atoms with Crippen molar-refractivity contribution < 1.29 is 5.11 Å². The molecule has 0 aliphatic carbocycles. The molecule has 0 bridgehead atoms. The molecule has 0 saturated carbocycles. The highest BCUT2D eigenvalue weighted by molar-refractivity contribution is 7.99. The molecule has 0 fully saturated rings. The van der Waals surface area contributed by atoms with E-state index >= 15 is 0 Å². The van der Waals surface area contributed by atoms with E-state index in [1.807, 2.05) is 24.3 Å². The van der Waals surface area contributed by atoms with Crippen LogP contribution in [0.3, 0.4) is 0 Å². The van der Waals surface area contributed by atoms with E-state index in [0.29, 0.717) is 12.2 Å². The molecule has 0 radical (unpaired) electrons. The lowest BCUT2D eigenvalue weighted by Crippen LogP contribution is -2.13. The van der Waals surface area contributed by atoms with Crippen LogP contribution >= 0.6 is 23.4 Å². The molecule has 0 amide bonds. The van der Waals surface area contributed by atoms with Gasteiger partial charge in [-0.1, -0.05) is 29.8 Å². The predicted molar refractivity (Wildman–Crippen MR) is 87.8 cm³/mol. The van der Waals surface area contributed by atoms with Crippen LogP contribution in [0.15, 0.2) is 47.4 Å². The molecule has 2 rings (SSSR count). The van der Waals surface area contributed by atoms with Crippen molar-refractivity contribution in [2.24, 2.45) is 0 Å². The van der Waals surface area contributed by atoms with Crippen LogP contribution in [0, 0.1) is 13.8 Å². The second kappa shape index (κ2) is 7.16. The predicted octanol–water partition coefficient (Wildman–Crippen LogP) is 4.65. The molecule has 20 heavy (non-hydrogen) atoms. The van der Waals surface area contributed by atoms with Gasteiger partial charge in [-0.25, -0.2) is 0 Å².